The third-order valence-electron chi connectivity index (χ3n) is 2.98. The van der Waals surface area contributed by atoms with Crippen molar-refractivity contribution < 1.29 is 14.3 Å². The van der Waals surface area contributed by atoms with E-state index in [1.54, 1.807) is 31.1 Å². The molecule has 0 unspecified atom stereocenters. The van der Waals surface area contributed by atoms with E-state index in [9.17, 15) is 9.90 Å². The molecule has 0 atom stereocenters. The highest BCUT2D eigenvalue weighted by molar-refractivity contribution is 7.15. The first-order valence-electron chi connectivity index (χ1n) is 6.85. The predicted octanol–water partition coefficient (Wildman–Crippen LogP) is 2.94. The summed E-state index contributed by atoms with van der Waals surface area (Å²) >= 11 is 1.43. The number of aryl methyl sites for hydroxylation is 1. The average molecular weight is 308 g/mol. The Morgan fingerprint density at radius 3 is 2.76 bits per heavy atom. The molecular weight excluding hydrogens is 288 g/mol. The number of thiazole rings is 1. The van der Waals surface area contributed by atoms with Crippen molar-refractivity contribution in [2.45, 2.75) is 33.3 Å². The fourth-order valence-electron chi connectivity index (χ4n) is 2.04. The number of aliphatic hydroxyl groups is 1. The summed E-state index contributed by atoms with van der Waals surface area (Å²) in [5.41, 5.74) is -0.503. The van der Waals surface area contributed by atoms with Gasteiger partial charge in [-0.2, -0.15) is 0 Å². The Morgan fingerprint density at radius 1 is 1.52 bits per heavy atom. The maximum absolute atomic E-state index is 12.6. The van der Waals surface area contributed by atoms with Gasteiger partial charge in [0.2, 0.25) is 0 Å². The number of hydrogen-bond donors (Lipinski definition) is 1. The predicted molar refractivity (Wildman–Crippen MR) is 82.4 cm³/mol. The molecule has 2 aromatic rings. The van der Waals surface area contributed by atoms with Crippen molar-refractivity contribution in [2.24, 2.45) is 0 Å². The molecule has 0 saturated carbocycles. The van der Waals surface area contributed by atoms with Gasteiger partial charge in [0.1, 0.15) is 5.69 Å². The van der Waals surface area contributed by atoms with Crippen LogP contribution in [-0.4, -0.2) is 39.6 Å². The number of likely N-dealkylation sites (N-methyl/N-ethyl adjacent to an activating group) is 1. The number of carbonyl (C=O) groups excluding carboxylic acids is 1. The molecule has 114 valence electrons. The molecule has 0 fully saturated rings. The van der Waals surface area contributed by atoms with Gasteiger partial charge in [-0.1, -0.05) is 0 Å². The van der Waals surface area contributed by atoms with Gasteiger partial charge in [0.15, 0.2) is 10.8 Å². The molecule has 6 heteroatoms. The summed E-state index contributed by atoms with van der Waals surface area (Å²) in [5.74, 6) is 0.499. The zero-order chi connectivity index (χ0) is 15.6. The van der Waals surface area contributed by atoms with Crippen molar-refractivity contribution in [3.05, 3.63) is 29.0 Å². The summed E-state index contributed by atoms with van der Waals surface area (Å²) in [7, 11) is 0. The number of carbonyl (C=O) groups is 1. The summed E-state index contributed by atoms with van der Waals surface area (Å²) in [4.78, 5) is 19.4. The second-order valence-corrected chi connectivity index (χ2v) is 6.74. The van der Waals surface area contributed by atoms with E-state index in [0.717, 1.165) is 4.88 Å². The molecule has 0 bridgehead atoms. The third-order valence-corrected chi connectivity index (χ3v) is 3.96. The van der Waals surface area contributed by atoms with Crippen LogP contribution in [0.15, 0.2) is 22.8 Å². The second-order valence-electron chi connectivity index (χ2n) is 5.53. The number of amides is 1. The minimum absolute atomic E-state index is 0.161. The minimum Gasteiger partial charge on any atom is -0.462 e. The van der Waals surface area contributed by atoms with Gasteiger partial charge in [0.05, 0.1) is 11.9 Å². The molecule has 0 aliphatic rings. The van der Waals surface area contributed by atoms with Gasteiger partial charge < -0.3 is 14.4 Å². The molecule has 21 heavy (non-hydrogen) atoms. The smallest absolute Gasteiger partial charge is 0.273 e. The minimum atomic E-state index is -0.931. The lowest BCUT2D eigenvalue weighted by Crippen LogP contribution is -2.42. The van der Waals surface area contributed by atoms with Crippen molar-refractivity contribution in [1.29, 1.82) is 0 Å². The van der Waals surface area contributed by atoms with Crippen LogP contribution >= 0.6 is 11.3 Å². The Balaban J connectivity index is 2.26. The van der Waals surface area contributed by atoms with Gasteiger partial charge in [-0.15, -0.1) is 11.3 Å². The van der Waals surface area contributed by atoms with Crippen LogP contribution in [0, 0.1) is 6.92 Å². The largest absolute Gasteiger partial charge is 0.462 e. The van der Waals surface area contributed by atoms with Crippen LogP contribution in [0.25, 0.3) is 10.8 Å². The summed E-state index contributed by atoms with van der Waals surface area (Å²) in [6.45, 7) is 7.93. The van der Waals surface area contributed by atoms with Crippen LogP contribution < -0.4 is 0 Å². The molecule has 1 N–H and O–H groups in total. The van der Waals surface area contributed by atoms with Crippen LogP contribution in [0.4, 0.5) is 0 Å². The number of hydrogen-bond acceptors (Lipinski definition) is 5. The first-order chi connectivity index (χ1) is 9.81. The van der Waals surface area contributed by atoms with E-state index in [1.165, 1.54) is 11.3 Å². The first kappa shape index (κ1) is 15.7. The SMILES string of the molecule is CCN(CC(C)(C)O)C(=O)c1nc(-c2ccco2)sc1C. The van der Waals surface area contributed by atoms with Crippen LogP contribution in [0.2, 0.25) is 0 Å². The van der Waals surface area contributed by atoms with E-state index in [1.807, 2.05) is 19.9 Å². The zero-order valence-corrected chi connectivity index (χ0v) is 13.5. The molecule has 5 nitrogen and oxygen atoms in total. The quantitative estimate of drug-likeness (QED) is 0.922. The van der Waals surface area contributed by atoms with E-state index in [4.69, 9.17) is 4.42 Å². The summed E-state index contributed by atoms with van der Waals surface area (Å²) in [6, 6.07) is 3.61. The molecule has 0 aromatic carbocycles. The maximum atomic E-state index is 12.6. The molecule has 1 amide bonds. The molecule has 2 rings (SSSR count). The molecule has 0 spiro atoms. The van der Waals surface area contributed by atoms with E-state index in [0.29, 0.717) is 23.0 Å². The lowest BCUT2D eigenvalue weighted by Gasteiger charge is -2.27. The van der Waals surface area contributed by atoms with Crippen molar-refractivity contribution in [3.63, 3.8) is 0 Å². The molecular formula is C15H20N2O3S. The van der Waals surface area contributed by atoms with Crippen LogP contribution in [0.3, 0.4) is 0 Å². The van der Waals surface area contributed by atoms with E-state index >= 15 is 0 Å². The van der Waals surface area contributed by atoms with Gasteiger partial charge in [-0.05, 0) is 39.8 Å². The molecule has 2 aromatic heterocycles. The van der Waals surface area contributed by atoms with Gasteiger partial charge in [0.25, 0.3) is 5.91 Å². The third kappa shape index (κ3) is 3.71. The molecule has 0 saturated heterocycles. The van der Waals surface area contributed by atoms with Gasteiger partial charge in [0, 0.05) is 18.0 Å². The molecule has 0 radical (unpaired) electrons. The van der Waals surface area contributed by atoms with Gasteiger partial charge in [-0.3, -0.25) is 4.79 Å². The zero-order valence-electron chi connectivity index (χ0n) is 12.7. The second kappa shape index (κ2) is 5.99. The van der Waals surface area contributed by atoms with Crippen LogP contribution in [0.1, 0.15) is 36.1 Å². The Morgan fingerprint density at radius 2 is 2.24 bits per heavy atom. The Bertz CT molecular complexity index is 611. The van der Waals surface area contributed by atoms with E-state index in [2.05, 4.69) is 4.98 Å². The summed E-state index contributed by atoms with van der Waals surface area (Å²) in [6.07, 6.45) is 1.58. The van der Waals surface area contributed by atoms with Crippen molar-refractivity contribution in [2.75, 3.05) is 13.1 Å². The first-order valence-corrected chi connectivity index (χ1v) is 7.66. The fraction of sp³-hybridized carbons (Fsp3) is 0.467. The standard InChI is InChI=1S/C15H20N2O3S/c1-5-17(9-15(3,4)19)14(18)12-10(2)21-13(16-12)11-7-6-8-20-11/h6-8,19H,5,9H2,1-4H3. The highest BCUT2D eigenvalue weighted by atomic mass is 32.1. The lowest BCUT2D eigenvalue weighted by atomic mass is 10.1. The molecule has 0 aliphatic carbocycles. The molecule has 2 heterocycles. The number of aromatic nitrogens is 1. The number of rotatable bonds is 5. The molecule has 0 aliphatic heterocycles. The maximum Gasteiger partial charge on any atom is 0.273 e. The topological polar surface area (TPSA) is 66.6 Å². The summed E-state index contributed by atoms with van der Waals surface area (Å²) in [5, 5.41) is 10.6. The van der Waals surface area contributed by atoms with Crippen molar-refractivity contribution >= 4 is 17.2 Å². The highest BCUT2D eigenvalue weighted by Gasteiger charge is 2.26. The van der Waals surface area contributed by atoms with Crippen LogP contribution in [-0.2, 0) is 0 Å². The van der Waals surface area contributed by atoms with Gasteiger partial charge >= 0.3 is 0 Å². The number of furan rings is 1. The monoisotopic (exact) mass is 308 g/mol. The van der Waals surface area contributed by atoms with E-state index in [-0.39, 0.29) is 12.5 Å². The van der Waals surface area contributed by atoms with Crippen molar-refractivity contribution in [3.8, 4) is 10.8 Å². The average Bonchev–Trinajstić information content (AvgIpc) is 3.02. The Labute approximate surface area is 128 Å². The van der Waals surface area contributed by atoms with Gasteiger partial charge in [-0.25, -0.2) is 4.98 Å². The normalized spacial score (nSPS) is 11.7. The van der Waals surface area contributed by atoms with Crippen molar-refractivity contribution in [1.82, 2.24) is 9.88 Å². The highest BCUT2D eigenvalue weighted by Crippen LogP contribution is 2.28. The number of nitrogens with zero attached hydrogens (tertiary/aromatic N) is 2. The fourth-order valence-corrected chi connectivity index (χ4v) is 2.92. The van der Waals surface area contributed by atoms with Crippen LogP contribution in [0.5, 0.6) is 0 Å². The lowest BCUT2D eigenvalue weighted by molar-refractivity contribution is 0.0311. The Hall–Kier alpha value is -1.66. The summed E-state index contributed by atoms with van der Waals surface area (Å²) < 4.78 is 5.32. The Kier molecular flexibility index (Phi) is 4.49. The van der Waals surface area contributed by atoms with E-state index < -0.39 is 5.60 Å².